The first kappa shape index (κ1) is 12.6. The molecule has 1 fully saturated rings. The van der Waals surface area contributed by atoms with Crippen LogP contribution in [0.15, 0.2) is 30.3 Å². The quantitative estimate of drug-likeness (QED) is 0.765. The lowest BCUT2D eigenvalue weighted by Gasteiger charge is -2.39. The van der Waals surface area contributed by atoms with E-state index >= 15 is 0 Å². The molecule has 0 aliphatic carbocycles. The fourth-order valence-corrected chi connectivity index (χ4v) is 3.02. The van der Waals surface area contributed by atoms with E-state index in [0.717, 1.165) is 24.3 Å². The van der Waals surface area contributed by atoms with Crippen LogP contribution in [0, 0.1) is 17.8 Å². The van der Waals surface area contributed by atoms with Crippen LogP contribution in [0.3, 0.4) is 0 Å². The third-order valence-electron chi connectivity index (χ3n) is 4.21. The molecule has 0 bridgehead atoms. The van der Waals surface area contributed by atoms with Gasteiger partial charge in [0, 0.05) is 13.1 Å². The predicted molar refractivity (Wildman–Crippen MR) is 73.8 cm³/mol. The molecule has 0 radical (unpaired) electrons. The van der Waals surface area contributed by atoms with Crippen molar-refractivity contribution >= 4 is 0 Å². The first-order chi connectivity index (χ1) is 8.16. The van der Waals surface area contributed by atoms with Gasteiger partial charge >= 0.3 is 0 Å². The molecule has 0 amide bonds. The topological polar surface area (TPSA) is 3.24 Å². The Hall–Kier alpha value is -0.820. The maximum absolute atomic E-state index is 2.62. The van der Waals surface area contributed by atoms with Crippen molar-refractivity contribution in [1.82, 2.24) is 4.90 Å². The Kier molecular flexibility index (Phi) is 4.22. The molecule has 1 aromatic carbocycles. The van der Waals surface area contributed by atoms with E-state index in [1.807, 2.05) is 0 Å². The fourth-order valence-electron chi connectivity index (χ4n) is 3.02. The monoisotopic (exact) mass is 231 g/mol. The molecule has 0 N–H and O–H groups in total. The molecule has 1 saturated heterocycles. The molecule has 1 nitrogen and oxygen atoms in total. The summed E-state index contributed by atoms with van der Waals surface area (Å²) in [5.41, 5.74) is 1.45. The highest BCUT2D eigenvalue weighted by molar-refractivity contribution is 5.14. The Morgan fingerprint density at radius 2 is 1.94 bits per heavy atom. The molecule has 0 spiro atoms. The predicted octanol–water partition coefficient (Wildman–Crippen LogP) is 3.80. The van der Waals surface area contributed by atoms with Crippen LogP contribution in [0.5, 0.6) is 0 Å². The largest absolute Gasteiger partial charge is 0.299 e. The van der Waals surface area contributed by atoms with Gasteiger partial charge in [-0.2, -0.15) is 0 Å². The SMILES string of the molecule is CC(C)[C@H]1CN(Cc2ccccc2)CC[C@H]1C. The van der Waals surface area contributed by atoms with Crippen LogP contribution in [0.4, 0.5) is 0 Å². The van der Waals surface area contributed by atoms with Crippen LogP contribution in [-0.4, -0.2) is 18.0 Å². The summed E-state index contributed by atoms with van der Waals surface area (Å²) in [6.07, 6.45) is 1.36. The van der Waals surface area contributed by atoms with Gasteiger partial charge in [-0.15, -0.1) is 0 Å². The van der Waals surface area contributed by atoms with Gasteiger partial charge in [0.15, 0.2) is 0 Å². The van der Waals surface area contributed by atoms with Crippen LogP contribution in [0.25, 0.3) is 0 Å². The van der Waals surface area contributed by atoms with Crippen LogP contribution in [0.2, 0.25) is 0 Å². The molecule has 1 heterocycles. The van der Waals surface area contributed by atoms with Crippen LogP contribution >= 0.6 is 0 Å². The standard InChI is InChI=1S/C16H25N/c1-13(2)16-12-17(10-9-14(16)3)11-15-7-5-4-6-8-15/h4-8,13-14,16H,9-12H2,1-3H3/t14-,16-/m1/s1. The maximum atomic E-state index is 2.62. The molecule has 0 aromatic heterocycles. The lowest BCUT2D eigenvalue weighted by molar-refractivity contribution is 0.0926. The highest BCUT2D eigenvalue weighted by atomic mass is 15.1. The molecule has 17 heavy (non-hydrogen) atoms. The zero-order chi connectivity index (χ0) is 12.3. The van der Waals surface area contributed by atoms with Gasteiger partial charge in [-0.3, -0.25) is 4.90 Å². The average Bonchev–Trinajstić information content (AvgIpc) is 2.32. The van der Waals surface area contributed by atoms with E-state index in [1.165, 1.54) is 25.1 Å². The number of rotatable bonds is 3. The van der Waals surface area contributed by atoms with E-state index in [9.17, 15) is 0 Å². The van der Waals surface area contributed by atoms with Crippen molar-refractivity contribution in [2.24, 2.45) is 17.8 Å². The summed E-state index contributed by atoms with van der Waals surface area (Å²) in [6, 6.07) is 10.9. The summed E-state index contributed by atoms with van der Waals surface area (Å²) in [4.78, 5) is 2.62. The number of hydrogen-bond acceptors (Lipinski definition) is 1. The zero-order valence-corrected chi connectivity index (χ0v) is 11.4. The van der Waals surface area contributed by atoms with Crippen LogP contribution in [-0.2, 0) is 6.54 Å². The molecular weight excluding hydrogens is 206 g/mol. The van der Waals surface area contributed by atoms with Crippen molar-refractivity contribution < 1.29 is 0 Å². The minimum atomic E-state index is 0.809. The molecule has 0 saturated carbocycles. The minimum Gasteiger partial charge on any atom is -0.299 e. The Morgan fingerprint density at radius 1 is 1.24 bits per heavy atom. The molecule has 1 aromatic rings. The van der Waals surface area contributed by atoms with Gasteiger partial charge in [0.25, 0.3) is 0 Å². The molecule has 2 atom stereocenters. The molecule has 1 heteroatoms. The lowest BCUT2D eigenvalue weighted by atomic mass is 9.79. The summed E-state index contributed by atoms with van der Waals surface area (Å²) in [5, 5.41) is 0. The van der Waals surface area contributed by atoms with Gasteiger partial charge in [-0.05, 0) is 36.3 Å². The molecule has 2 rings (SSSR count). The Balaban J connectivity index is 1.95. The Labute approximate surface area is 106 Å². The highest BCUT2D eigenvalue weighted by Gasteiger charge is 2.28. The van der Waals surface area contributed by atoms with Gasteiger partial charge < -0.3 is 0 Å². The molecule has 1 aliphatic rings. The molecule has 0 unspecified atom stereocenters. The van der Waals surface area contributed by atoms with E-state index < -0.39 is 0 Å². The van der Waals surface area contributed by atoms with Crippen molar-refractivity contribution in [3.8, 4) is 0 Å². The van der Waals surface area contributed by atoms with Crippen molar-refractivity contribution in [2.75, 3.05) is 13.1 Å². The third kappa shape index (κ3) is 3.32. The summed E-state index contributed by atoms with van der Waals surface area (Å²) in [5.74, 6) is 2.57. The van der Waals surface area contributed by atoms with E-state index in [1.54, 1.807) is 0 Å². The van der Waals surface area contributed by atoms with Gasteiger partial charge in [-0.25, -0.2) is 0 Å². The Bertz CT molecular complexity index is 331. The summed E-state index contributed by atoms with van der Waals surface area (Å²) < 4.78 is 0. The number of hydrogen-bond donors (Lipinski definition) is 0. The summed E-state index contributed by atoms with van der Waals surface area (Å²) in [6.45, 7) is 10.8. The van der Waals surface area contributed by atoms with E-state index in [0.29, 0.717) is 0 Å². The van der Waals surface area contributed by atoms with Gasteiger partial charge in [0.1, 0.15) is 0 Å². The second-order valence-corrected chi connectivity index (χ2v) is 5.89. The van der Waals surface area contributed by atoms with Crippen LogP contribution in [0.1, 0.15) is 32.8 Å². The zero-order valence-electron chi connectivity index (χ0n) is 11.4. The number of piperidine rings is 1. The normalized spacial score (nSPS) is 26.4. The maximum Gasteiger partial charge on any atom is 0.0233 e. The number of likely N-dealkylation sites (tertiary alicyclic amines) is 1. The van der Waals surface area contributed by atoms with Gasteiger partial charge in [-0.1, -0.05) is 51.1 Å². The van der Waals surface area contributed by atoms with Gasteiger partial charge in [0.05, 0.1) is 0 Å². The molecule has 94 valence electrons. The average molecular weight is 231 g/mol. The summed E-state index contributed by atoms with van der Waals surface area (Å²) in [7, 11) is 0. The first-order valence-corrected chi connectivity index (χ1v) is 6.93. The van der Waals surface area contributed by atoms with Crippen molar-refractivity contribution in [3.05, 3.63) is 35.9 Å². The number of benzene rings is 1. The Morgan fingerprint density at radius 3 is 2.59 bits per heavy atom. The van der Waals surface area contributed by atoms with Gasteiger partial charge in [0.2, 0.25) is 0 Å². The second-order valence-electron chi connectivity index (χ2n) is 5.89. The molecular formula is C16H25N. The minimum absolute atomic E-state index is 0.809. The van der Waals surface area contributed by atoms with Crippen LogP contribution < -0.4 is 0 Å². The van der Waals surface area contributed by atoms with E-state index in [4.69, 9.17) is 0 Å². The smallest absolute Gasteiger partial charge is 0.0233 e. The number of nitrogens with zero attached hydrogens (tertiary/aromatic N) is 1. The van der Waals surface area contributed by atoms with E-state index in [-0.39, 0.29) is 0 Å². The third-order valence-corrected chi connectivity index (χ3v) is 4.21. The lowest BCUT2D eigenvalue weighted by Crippen LogP contribution is -2.41. The summed E-state index contributed by atoms with van der Waals surface area (Å²) >= 11 is 0. The van der Waals surface area contributed by atoms with Crippen molar-refractivity contribution in [1.29, 1.82) is 0 Å². The fraction of sp³-hybridized carbons (Fsp3) is 0.625. The van der Waals surface area contributed by atoms with Crippen molar-refractivity contribution in [2.45, 2.75) is 33.7 Å². The van der Waals surface area contributed by atoms with E-state index in [2.05, 4.69) is 56.0 Å². The highest BCUT2D eigenvalue weighted by Crippen LogP contribution is 2.29. The van der Waals surface area contributed by atoms with Crippen molar-refractivity contribution in [3.63, 3.8) is 0 Å². The first-order valence-electron chi connectivity index (χ1n) is 6.93. The second kappa shape index (κ2) is 5.68. The molecule has 1 aliphatic heterocycles.